The molecule has 1 saturated heterocycles. The van der Waals surface area contributed by atoms with Crippen LogP contribution in [0.5, 0.6) is 0 Å². The number of nitrogens with one attached hydrogen (secondary N) is 2. The number of benzene rings is 1. The monoisotopic (exact) mass is 283 g/mol. The van der Waals surface area contributed by atoms with Gasteiger partial charge in [-0.1, -0.05) is 12.1 Å². The Morgan fingerprint density at radius 3 is 3.05 bits per heavy atom. The van der Waals surface area contributed by atoms with Gasteiger partial charge in [-0.05, 0) is 23.8 Å². The van der Waals surface area contributed by atoms with E-state index in [9.17, 15) is 0 Å². The Kier molecular flexibility index (Phi) is 3.21. The van der Waals surface area contributed by atoms with E-state index in [1.807, 2.05) is 6.07 Å². The van der Waals surface area contributed by atoms with Crippen LogP contribution in [0.15, 0.2) is 36.5 Å². The van der Waals surface area contributed by atoms with E-state index in [4.69, 9.17) is 9.47 Å². The summed E-state index contributed by atoms with van der Waals surface area (Å²) in [6, 6.07) is 10.3. The molecule has 0 aliphatic carbocycles. The summed E-state index contributed by atoms with van der Waals surface area (Å²) in [5, 5.41) is 6.85. The SMILES string of the molecule is c1cnc2c(c1)CNc1cc([C@H]3COCCO3)ccc1N2. The third-order valence-corrected chi connectivity index (χ3v) is 3.84. The summed E-state index contributed by atoms with van der Waals surface area (Å²) in [5.74, 6) is 0.911. The Morgan fingerprint density at radius 1 is 1.14 bits per heavy atom. The van der Waals surface area contributed by atoms with Crippen LogP contribution in [0, 0.1) is 0 Å². The number of rotatable bonds is 1. The predicted molar refractivity (Wildman–Crippen MR) is 80.8 cm³/mol. The van der Waals surface area contributed by atoms with Crippen molar-refractivity contribution in [3.8, 4) is 0 Å². The van der Waals surface area contributed by atoms with Gasteiger partial charge in [0.1, 0.15) is 11.9 Å². The molecule has 2 aliphatic heterocycles. The fraction of sp³-hybridized carbons (Fsp3) is 0.312. The molecule has 2 aromatic rings. The Hall–Kier alpha value is -2.11. The normalized spacial score (nSPS) is 20.5. The fourth-order valence-corrected chi connectivity index (χ4v) is 2.71. The smallest absolute Gasteiger partial charge is 0.135 e. The van der Waals surface area contributed by atoms with Crippen molar-refractivity contribution in [2.24, 2.45) is 0 Å². The quantitative estimate of drug-likeness (QED) is 0.843. The minimum Gasteiger partial charge on any atom is -0.379 e. The highest BCUT2D eigenvalue weighted by molar-refractivity contribution is 5.77. The number of fused-ring (bicyclic) bond motifs is 2. The van der Waals surface area contributed by atoms with Gasteiger partial charge in [-0.15, -0.1) is 0 Å². The van der Waals surface area contributed by atoms with Gasteiger partial charge in [0.25, 0.3) is 0 Å². The molecule has 0 bridgehead atoms. The molecule has 0 unspecified atom stereocenters. The number of anilines is 3. The third kappa shape index (κ3) is 2.46. The Labute approximate surface area is 123 Å². The molecule has 1 aromatic carbocycles. The average molecular weight is 283 g/mol. The molecule has 21 heavy (non-hydrogen) atoms. The first-order valence-electron chi connectivity index (χ1n) is 7.18. The number of ether oxygens (including phenoxy) is 2. The zero-order valence-corrected chi connectivity index (χ0v) is 11.6. The van der Waals surface area contributed by atoms with Crippen molar-refractivity contribution < 1.29 is 9.47 Å². The minimum absolute atomic E-state index is 0.0228. The largest absolute Gasteiger partial charge is 0.379 e. The van der Waals surface area contributed by atoms with E-state index in [1.54, 1.807) is 6.20 Å². The minimum atomic E-state index is 0.0228. The van der Waals surface area contributed by atoms with Crippen molar-refractivity contribution in [3.63, 3.8) is 0 Å². The molecule has 1 atom stereocenters. The molecular weight excluding hydrogens is 266 g/mol. The standard InChI is InChI=1S/C16H17N3O2/c1-2-12-9-18-14-8-11(15-10-20-6-7-21-15)3-4-13(14)19-16(12)17-5-1/h1-5,8,15,18H,6-7,9-10H2,(H,17,19)/t15-/m1/s1. The maximum Gasteiger partial charge on any atom is 0.135 e. The predicted octanol–water partition coefficient (Wildman–Crippen LogP) is 2.84. The molecule has 0 saturated carbocycles. The zero-order chi connectivity index (χ0) is 14.1. The molecule has 1 aromatic heterocycles. The second-order valence-corrected chi connectivity index (χ2v) is 5.23. The molecule has 2 aliphatic rings. The van der Waals surface area contributed by atoms with Crippen LogP contribution in [0.1, 0.15) is 17.2 Å². The van der Waals surface area contributed by atoms with Crippen molar-refractivity contribution >= 4 is 17.2 Å². The maximum absolute atomic E-state index is 5.76. The van der Waals surface area contributed by atoms with Crippen molar-refractivity contribution in [1.29, 1.82) is 0 Å². The highest BCUT2D eigenvalue weighted by atomic mass is 16.6. The third-order valence-electron chi connectivity index (χ3n) is 3.84. The van der Waals surface area contributed by atoms with E-state index in [0.717, 1.165) is 34.9 Å². The van der Waals surface area contributed by atoms with Crippen LogP contribution in [-0.2, 0) is 16.0 Å². The number of pyridine rings is 1. The van der Waals surface area contributed by atoms with Crippen LogP contribution in [-0.4, -0.2) is 24.8 Å². The molecule has 5 heteroatoms. The first kappa shape index (κ1) is 12.6. The van der Waals surface area contributed by atoms with Gasteiger partial charge in [0.2, 0.25) is 0 Å². The summed E-state index contributed by atoms with van der Waals surface area (Å²) in [7, 11) is 0. The Balaban J connectivity index is 1.64. The van der Waals surface area contributed by atoms with Gasteiger partial charge in [0.15, 0.2) is 0 Å². The molecule has 2 N–H and O–H groups in total. The molecule has 0 radical (unpaired) electrons. The van der Waals surface area contributed by atoms with Crippen LogP contribution in [0.2, 0.25) is 0 Å². The summed E-state index contributed by atoms with van der Waals surface area (Å²) in [5.41, 5.74) is 4.40. The molecule has 1 fully saturated rings. The molecular formula is C16H17N3O2. The summed E-state index contributed by atoms with van der Waals surface area (Å²) in [4.78, 5) is 4.39. The van der Waals surface area contributed by atoms with Gasteiger partial charge in [0.05, 0.1) is 31.2 Å². The van der Waals surface area contributed by atoms with E-state index in [0.29, 0.717) is 19.8 Å². The second kappa shape index (κ2) is 5.35. The van der Waals surface area contributed by atoms with Crippen LogP contribution in [0.25, 0.3) is 0 Å². The first-order valence-corrected chi connectivity index (χ1v) is 7.18. The van der Waals surface area contributed by atoms with Crippen molar-refractivity contribution in [2.75, 3.05) is 30.5 Å². The van der Waals surface area contributed by atoms with Gasteiger partial charge in [0, 0.05) is 18.3 Å². The number of nitrogens with zero attached hydrogens (tertiary/aromatic N) is 1. The summed E-state index contributed by atoms with van der Waals surface area (Å²) in [6.07, 6.45) is 1.83. The van der Waals surface area contributed by atoms with E-state index < -0.39 is 0 Å². The first-order chi connectivity index (χ1) is 10.4. The van der Waals surface area contributed by atoms with Crippen LogP contribution < -0.4 is 10.6 Å². The van der Waals surface area contributed by atoms with E-state index >= 15 is 0 Å². The number of hydrogen-bond acceptors (Lipinski definition) is 5. The molecule has 4 rings (SSSR count). The van der Waals surface area contributed by atoms with Crippen molar-refractivity contribution in [3.05, 3.63) is 47.7 Å². The summed E-state index contributed by atoms with van der Waals surface area (Å²) < 4.78 is 11.2. The zero-order valence-electron chi connectivity index (χ0n) is 11.6. The number of aromatic nitrogens is 1. The van der Waals surface area contributed by atoms with Crippen LogP contribution in [0.4, 0.5) is 17.2 Å². The van der Waals surface area contributed by atoms with Crippen LogP contribution >= 0.6 is 0 Å². The lowest BCUT2D eigenvalue weighted by atomic mass is 10.1. The maximum atomic E-state index is 5.76. The second-order valence-electron chi connectivity index (χ2n) is 5.23. The Bertz CT molecular complexity index is 654. The molecule has 3 heterocycles. The van der Waals surface area contributed by atoms with Crippen molar-refractivity contribution in [2.45, 2.75) is 12.6 Å². The van der Waals surface area contributed by atoms with E-state index in [1.165, 1.54) is 0 Å². The van der Waals surface area contributed by atoms with E-state index in [-0.39, 0.29) is 6.10 Å². The highest BCUT2D eigenvalue weighted by Crippen LogP contribution is 2.33. The van der Waals surface area contributed by atoms with Gasteiger partial charge in [-0.2, -0.15) is 0 Å². The van der Waals surface area contributed by atoms with Crippen molar-refractivity contribution in [1.82, 2.24) is 4.98 Å². The van der Waals surface area contributed by atoms with Gasteiger partial charge in [-0.3, -0.25) is 0 Å². The van der Waals surface area contributed by atoms with E-state index in [2.05, 4.69) is 39.9 Å². The molecule has 0 amide bonds. The van der Waals surface area contributed by atoms with Gasteiger partial charge >= 0.3 is 0 Å². The fourth-order valence-electron chi connectivity index (χ4n) is 2.71. The lowest BCUT2D eigenvalue weighted by molar-refractivity contribution is -0.0901. The molecule has 108 valence electrons. The average Bonchev–Trinajstić information content (AvgIpc) is 2.74. The topological polar surface area (TPSA) is 55.4 Å². The number of hydrogen-bond donors (Lipinski definition) is 2. The van der Waals surface area contributed by atoms with Gasteiger partial charge in [-0.25, -0.2) is 4.98 Å². The molecule has 5 nitrogen and oxygen atoms in total. The lowest BCUT2D eigenvalue weighted by Crippen LogP contribution is -2.22. The Morgan fingerprint density at radius 2 is 2.14 bits per heavy atom. The highest BCUT2D eigenvalue weighted by Gasteiger charge is 2.19. The summed E-state index contributed by atoms with van der Waals surface area (Å²) in [6.45, 7) is 2.72. The summed E-state index contributed by atoms with van der Waals surface area (Å²) >= 11 is 0. The lowest BCUT2D eigenvalue weighted by Gasteiger charge is -2.24. The molecule has 0 spiro atoms. The van der Waals surface area contributed by atoms with Gasteiger partial charge < -0.3 is 20.1 Å². The van der Waals surface area contributed by atoms with Crippen LogP contribution in [0.3, 0.4) is 0 Å².